The van der Waals surface area contributed by atoms with Gasteiger partial charge in [-0.3, -0.25) is 23.8 Å². The van der Waals surface area contributed by atoms with Gasteiger partial charge < -0.3 is 38.4 Å². The maximum absolute atomic E-state index is 13.4. The van der Waals surface area contributed by atoms with E-state index in [0.717, 1.165) is 17.9 Å². The first kappa shape index (κ1) is 36.3. The third-order valence-corrected chi connectivity index (χ3v) is 8.04. The molecule has 0 saturated heterocycles. The molecule has 0 fully saturated rings. The van der Waals surface area contributed by atoms with Gasteiger partial charge in [0.2, 0.25) is 12.3 Å². The molecule has 2 unspecified atom stereocenters. The second kappa shape index (κ2) is 16.9. The summed E-state index contributed by atoms with van der Waals surface area (Å²) in [6, 6.07) is 6.23. The first-order valence-electron chi connectivity index (χ1n) is 14.9. The lowest BCUT2D eigenvalue weighted by molar-refractivity contribution is -0.202. The first-order chi connectivity index (χ1) is 21.9. The Morgan fingerprint density at radius 2 is 1.83 bits per heavy atom. The number of benzene rings is 1. The third-order valence-electron chi connectivity index (χ3n) is 7.11. The maximum Gasteiger partial charge on any atom is 0.519 e. The Balaban J connectivity index is 1.67. The standard InChI is InChI=1S/C30H40N3O12P/c1-5-8-9-10-23(24(6-2)33(18-34)42-16-27-19(4)43-30(37)45-27)28(35)31-17-32-29(36)26-12-11-25(44-26)20-13-21(41-7-3)15-22(14-20)46(38,39)40/h11-15,18,23-24H,5-10,16-17H2,1-4H3,(H,31,35)(H,32,36)(H2,38,39,40). The number of amides is 3. The van der Waals surface area contributed by atoms with E-state index in [9.17, 15) is 33.5 Å². The van der Waals surface area contributed by atoms with E-state index in [2.05, 4.69) is 10.6 Å². The van der Waals surface area contributed by atoms with Crippen LogP contribution in [0.15, 0.2) is 48.4 Å². The highest BCUT2D eigenvalue weighted by Gasteiger charge is 2.32. The highest BCUT2D eigenvalue weighted by atomic mass is 31.2. The number of furan rings is 1. The predicted molar refractivity (Wildman–Crippen MR) is 164 cm³/mol. The van der Waals surface area contributed by atoms with E-state index in [1.165, 1.54) is 37.3 Å². The molecule has 252 valence electrons. The largest absolute Gasteiger partial charge is 0.519 e. The topological polar surface area (TPSA) is 211 Å². The van der Waals surface area contributed by atoms with Crippen LogP contribution in [0.1, 0.15) is 75.0 Å². The van der Waals surface area contributed by atoms with Gasteiger partial charge in [-0.1, -0.05) is 33.1 Å². The number of carbonyl (C=O) groups excluding carboxylic acids is 3. The lowest BCUT2D eigenvalue weighted by Crippen LogP contribution is -2.48. The number of aryl methyl sites for hydroxylation is 1. The second-order valence-corrected chi connectivity index (χ2v) is 11.9. The molecule has 0 aliphatic heterocycles. The fourth-order valence-electron chi connectivity index (χ4n) is 4.79. The fourth-order valence-corrected chi connectivity index (χ4v) is 5.39. The van der Waals surface area contributed by atoms with Gasteiger partial charge in [0.15, 0.2) is 11.5 Å². The number of nitrogens with one attached hydrogen (secondary N) is 2. The number of ether oxygens (including phenoxy) is 1. The molecule has 0 bridgehead atoms. The second-order valence-electron chi connectivity index (χ2n) is 10.3. The zero-order chi connectivity index (χ0) is 33.9. The molecule has 3 rings (SSSR count). The molecular formula is C30H40N3O12P. The quantitative estimate of drug-likeness (QED) is 0.0477. The Labute approximate surface area is 265 Å². The predicted octanol–water partition coefficient (Wildman–Crippen LogP) is 3.37. The summed E-state index contributed by atoms with van der Waals surface area (Å²) in [7, 11) is -4.60. The lowest BCUT2D eigenvalue weighted by atomic mass is 9.90. The van der Waals surface area contributed by atoms with E-state index in [1.54, 1.807) is 13.8 Å². The Hall–Kier alpha value is -4.17. The number of carbonyl (C=O) groups is 3. The van der Waals surface area contributed by atoms with Crippen molar-refractivity contribution >= 4 is 31.1 Å². The summed E-state index contributed by atoms with van der Waals surface area (Å²) in [5, 5.41) is 6.01. The van der Waals surface area contributed by atoms with Crippen LogP contribution in [0.4, 0.5) is 0 Å². The Morgan fingerprint density at radius 3 is 2.43 bits per heavy atom. The van der Waals surface area contributed by atoms with Gasteiger partial charge in [-0.05, 0) is 57.0 Å². The Kier molecular flexibility index (Phi) is 13.4. The zero-order valence-electron chi connectivity index (χ0n) is 26.1. The molecule has 2 atom stereocenters. The van der Waals surface area contributed by atoms with Gasteiger partial charge in [-0.2, -0.15) is 0 Å². The molecular weight excluding hydrogens is 625 g/mol. The molecule has 1 aromatic carbocycles. The van der Waals surface area contributed by atoms with Crippen molar-refractivity contribution in [3.63, 3.8) is 0 Å². The van der Waals surface area contributed by atoms with E-state index in [4.69, 9.17) is 22.8 Å². The van der Waals surface area contributed by atoms with Crippen LogP contribution < -0.4 is 26.5 Å². The Morgan fingerprint density at radius 1 is 1.07 bits per heavy atom. The molecule has 4 N–H and O–H groups in total. The maximum atomic E-state index is 13.4. The van der Waals surface area contributed by atoms with Crippen LogP contribution in [0.3, 0.4) is 0 Å². The third kappa shape index (κ3) is 9.91. The summed E-state index contributed by atoms with van der Waals surface area (Å²) in [6.45, 7) is 6.84. The van der Waals surface area contributed by atoms with E-state index in [-0.39, 0.29) is 54.0 Å². The van der Waals surface area contributed by atoms with Gasteiger partial charge in [-0.15, -0.1) is 0 Å². The van der Waals surface area contributed by atoms with Crippen molar-refractivity contribution in [2.45, 2.75) is 72.4 Å². The monoisotopic (exact) mass is 665 g/mol. The lowest BCUT2D eigenvalue weighted by Gasteiger charge is -2.32. The van der Waals surface area contributed by atoms with Crippen molar-refractivity contribution in [3.8, 4) is 17.1 Å². The average Bonchev–Trinajstić information content (AvgIpc) is 3.63. The normalized spacial score (nSPS) is 12.7. The van der Waals surface area contributed by atoms with Crippen molar-refractivity contribution in [3.05, 3.63) is 58.2 Å². The molecule has 2 aromatic heterocycles. The van der Waals surface area contributed by atoms with Gasteiger partial charge in [0, 0.05) is 5.56 Å². The SMILES string of the molecule is CCCCCC(C(=O)NCNC(=O)c1ccc(-c2cc(OCC)cc(P(=O)(O)O)c2)o1)C(CC)N(C=O)OCc1oc(=O)oc1C. The van der Waals surface area contributed by atoms with Crippen LogP contribution in [0, 0.1) is 12.8 Å². The van der Waals surface area contributed by atoms with Crippen molar-refractivity contribution in [2.24, 2.45) is 5.92 Å². The number of hydrogen-bond donors (Lipinski definition) is 4. The van der Waals surface area contributed by atoms with Crippen LogP contribution in [0.2, 0.25) is 0 Å². The van der Waals surface area contributed by atoms with Gasteiger partial charge in [-0.25, -0.2) is 9.86 Å². The molecule has 2 heterocycles. The summed E-state index contributed by atoms with van der Waals surface area (Å²) in [6.07, 6.45) is 3.76. The van der Waals surface area contributed by atoms with Crippen molar-refractivity contribution in [2.75, 3.05) is 13.3 Å². The van der Waals surface area contributed by atoms with Gasteiger partial charge >= 0.3 is 13.4 Å². The van der Waals surface area contributed by atoms with Crippen LogP contribution in [-0.2, 0) is 25.6 Å². The molecule has 46 heavy (non-hydrogen) atoms. The van der Waals surface area contributed by atoms with Gasteiger partial charge in [0.05, 0.1) is 30.5 Å². The van der Waals surface area contributed by atoms with E-state index >= 15 is 0 Å². The van der Waals surface area contributed by atoms with E-state index < -0.39 is 37.2 Å². The summed E-state index contributed by atoms with van der Waals surface area (Å²) in [5.41, 5.74) is 0.296. The molecule has 3 amide bonds. The fraction of sp³-hybridized carbons (Fsp3) is 0.467. The minimum Gasteiger partial charge on any atom is -0.494 e. The van der Waals surface area contributed by atoms with Crippen molar-refractivity contribution < 1.29 is 51.6 Å². The number of hydrogen-bond acceptors (Lipinski definition) is 10. The van der Waals surface area contributed by atoms with Crippen LogP contribution in [-0.4, -0.2) is 52.4 Å². The number of nitrogens with zero attached hydrogens (tertiary/aromatic N) is 1. The highest BCUT2D eigenvalue weighted by Crippen LogP contribution is 2.37. The Bertz CT molecular complexity index is 1570. The van der Waals surface area contributed by atoms with E-state index in [1.807, 2.05) is 6.92 Å². The number of hydroxylamine groups is 2. The summed E-state index contributed by atoms with van der Waals surface area (Å²) >= 11 is 0. The minimum absolute atomic E-state index is 0.101. The first-order valence-corrected chi connectivity index (χ1v) is 16.5. The molecule has 16 heteroatoms. The van der Waals surface area contributed by atoms with Crippen LogP contribution in [0.25, 0.3) is 11.3 Å². The molecule has 0 aliphatic rings. The molecule has 0 aliphatic carbocycles. The summed E-state index contributed by atoms with van der Waals surface area (Å²) < 4.78 is 32.7. The van der Waals surface area contributed by atoms with Gasteiger partial charge in [0.1, 0.15) is 23.9 Å². The molecule has 15 nitrogen and oxygen atoms in total. The van der Waals surface area contributed by atoms with Gasteiger partial charge in [0.25, 0.3) is 5.91 Å². The molecule has 0 radical (unpaired) electrons. The minimum atomic E-state index is -4.60. The van der Waals surface area contributed by atoms with Crippen molar-refractivity contribution in [1.82, 2.24) is 15.7 Å². The molecule has 0 spiro atoms. The number of unbranched alkanes of at least 4 members (excludes halogenated alkanes) is 2. The highest BCUT2D eigenvalue weighted by molar-refractivity contribution is 7.60. The molecule has 3 aromatic rings. The van der Waals surface area contributed by atoms with Crippen molar-refractivity contribution in [1.29, 1.82) is 0 Å². The van der Waals surface area contributed by atoms with E-state index in [0.29, 0.717) is 31.2 Å². The van der Waals surface area contributed by atoms with Crippen LogP contribution in [0.5, 0.6) is 5.75 Å². The zero-order valence-corrected chi connectivity index (χ0v) is 27.0. The number of rotatable bonds is 19. The molecule has 0 saturated carbocycles. The average molecular weight is 666 g/mol. The smallest absolute Gasteiger partial charge is 0.494 e. The van der Waals surface area contributed by atoms with Crippen LogP contribution >= 0.6 is 7.60 Å². The summed E-state index contributed by atoms with van der Waals surface area (Å²) in [5.74, 6) is -2.01. The summed E-state index contributed by atoms with van der Waals surface area (Å²) in [4.78, 5) is 74.4.